The van der Waals surface area contributed by atoms with E-state index >= 15 is 0 Å². The maximum atomic E-state index is 13.5. The second-order valence-electron chi connectivity index (χ2n) is 5.13. The Morgan fingerprint density at radius 3 is 2.50 bits per heavy atom. The zero-order chi connectivity index (χ0) is 14.4. The normalized spacial score (nSPS) is 17.1. The quantitative estimate of drug-likeness (QED) is 0.683. The molecule has 0 spiro atoms. The average molecular weight is 281 g/mol. The van der Waals surface area contributed by atoms with Crippen molar-refractivity contribution < 1.29 is 8.78 Å². The highest BCUT2D eigenvalue weighted by Gasteiger charge is 2.10. The predicted octanol–water partition coefficient (Wildman–Crippen LogP) is 2.70. The maximum absolute atomic E-state index is 13.5. The molecule has 5 heteroatoms. The zero-order valence-electron chi connectivity index (χ0n) is 11.6. The Hall–Kier alpha value is -1.65. The molecule has 1 aliphatic rings. The molecule has 0 bridgehead atoms. The van der Waals surface area contributed by atoms with E-state index in [0.29, 0.717) is 24.5 Å². The van der Waals surface area contributed by atoms with E-state index in [1.165, 1.54) is 25.0 Å². The number of halogens is 2. The van der Waals surface area contributed by atoms with Gasteiger partial charge < -0.3 is 10.6 Å². The first kappa shape index (κ1) is 14.8. The predicted molar refractivity (Wildman–Crippen MR) is 76.6 cm³/mol. The van der Waals surface area contributed by atoms with Gasteiger partial charge in [0, 0.05) is 25.7 Å². The van der Waals surface area contributed by atoms with Crippen LogP contribution >= 0.6 is 0 Å². The number of nitrogens with two attached hydrogens (primary N) is 1. The first-order valence-electron chi connectivity index (χ1n) is 7.15. The van der Waals surface area contributed by atoms with E-state index in [4.69, 9.17) is 5.73 Å². The van der Waals surface area contributed by atoms with E-state index in [1.807, 2.05) is 0 Å². The van der Waals surface area contributed by atoms with E-state index in [-0.39, 0.29) is 0 Å². The molecule has 1 saturated heterocycles. The van der Waals surface area contributed by atoms with Crippen LogP contribution in [0.1, 0.15) is 31.2 Å². The monoisotopic (exact) mass is 281 g/mol. The molecule has 0 saturated carbocycles. The summed E-state index contributed by atoms with van der Waals surface area (Å²) in [5, 5.41) is 0. The zero-order valence-corrected chi connectivity index (χ0v) is 11.6. The molecule has 0 amide bonds. The lowest BCUT2D eigenvalue weighted by atomic mass is 10.1. The summed E-state index contributed by atoms with van der Waals surface area (Å²) >= 11 is 0. The molecule has 1 fully saturated rings. The van der Waals surface area contributed by atoms with Gasteiger partial charge in [-0.15, -0.1) is 0 Å². The number of nitrogens with zero attached hydrogens (tertiary/aromatic N) is 2. The first-order valence-corrected chi connectivity index (χ1v) is 7.15. The highest BCUT2D eigenvalue weighted by molar-refractivity contribution is 5.78. The van der Waals surface area contributed by atoms with Crippen LogP contribution in [-0.4, -0.2) is 30.5 Å². The van der Waals surface area contributed by atoms with Crippen molar-refractivity contribution in [1.82, 2.24) is 4.90 Å². The molecule has 0 radical (unpaired) electrons. The van der Waals surface area contributed by atoms with Gasteiger partial charge in [-0.3, -0.25) is 4.99 Å². The Morgan fingerprint density at radius 2 is 1.85 bits per heavy atom. The molecule has 1 heterocycles. The Kier molecular flexibility index (Phi) is 5.32. The summed E-state index contributed by atoms with van der Waals surface area (Å²) < 4.78 is 26.2. The van der Waals surface area contributed by atoms with Crippen LogP contribution in [0.4, 0.5) is 8.78 Å². The van der Waals surface area contributed by atoms with Crippen molar-refractivity contribution in [2.75, 3.05) is 19.6 Å². The van der Waals surface area contributed by atoms with Gasteiger partial charge in [0.25, 0.3) is 0 Å². The molecule has 0 atom stereocenters. The van der Waals surface area contributed by atoms with Gasteiger partial charge in [-0.2, -0.15) is 0 Å². The fourth-order valence-electron chi connectivity index (χ4n) is 2.42. The number of aliphatic imine (C=N–C) groups is 1. The summed E-state index contributed by atoms with van der Waals surface area (Å²) in [5.74, 6) is -0.540. The van der Waals surface area contributed by atoms with Crippen LogP contribution in [0, 0.1) is 11.6 Å². The lowest BCUT2D eigenvalue weighted by molar-refractivity contribution is 0.428. The first-order chi connectivity index (χ1) is 9.66. The molecular weight excluding hydrogens is 260 g/mol. The average Bonchev–Trinajstić information content (AvgIpc) is 2.70. The third-order valence-corrected chi connectivity index (χ3v) is 3.60. The van der Waals surface area contributed by atoms with E-state index in [0.717, 1.165) is 32.0 Å². The summed E-state index contributed by atoms with van der Waals surface area (Å²) in [5.41, 5.74) is 6.44. The summed E-state index contributed by atoms with van der Waals surface area (Å²) in [7, 11) is 0. The van der Waals surface area contributed by atoms with Gasteiger partial charge in [0.2, 0.25) is 0 Å². The van der Waals surface area contributed by atoms with E-state index < -0.39 is 11.6 Å². The molecule has 1 aliphatic heterocycles. The summed E-state index contributed by atoms with van der Waals surface area (Å²) in [6.45, 7) is 2.31. The van der Waals surface area contributed by atoms with Gasteiger partial charge in [0.05, 0.1) is 0 Å². The van der Waals surface area contributed by atoms with Crippen molar-refractivity contribution in [3.8, 4) is 0 Å². The Labute approximate surface area is 118 Å². The minimum absolute atomic E-state index is 0.422. The van der Waals surface area contributed by atoms with Gasteiger partial charge in [0.15, 0.2) is 5.96 Å². The van der Waals surface area contributed by atoms with Crippen molar-refractivity contribution in [3.63, 3.8) is 0 Å². The fourth-order valence-corrected chi connectivity index (χ4v) is 2.42. The molecule has 3 nitrogen and oxygen atoms in total. The highest BCUT2D eigenvalue weighted by atomic mass is 19.1. The van der Waals surface area contributed by atoms with Gasteiger partial charge in [-0.05, 0) is 30.9 Å². The van der Waals surface area contributed by atoms with Crippen LogP contribution in [0.3, 0.4) is 0 Å². The minimum atomic E-state index is -0.557. The molecule has 0 aromatic heterocycles. The molecule has 1 aromatic rings. The number of likely N-dealkylation sites (tertiary alicyclic amines) is 1. The van der Waals surface area contributed by atoms with Crippen molar-refractivity contribution in [3.05, 3.63) is 35.4 Å². The lowest BCUT2D eigenvalue weighted by Crippen LogP contribution is -2.38. The van der Waals surface area contributed by atoms with Crippen molar-refractivity contribution >= 4 is 5.96 Å². The second kappa shape index (κ2) is 7.22. The van der Waals surface area contributed by atoms with Crippen LogP contribution < -0.4 is 5.73 Å². The van der Waals surface area contributed by atoms with Gasteiger partial charge in [0.1, 0.15) is 11.6 Å². The minimum Gasteiger partial charge on any atom is -0.370 e. The van der Waals surface area contributed by atoms with Crippen LogP contribution in [-0.2, 0) is 6.42 Å². The molecule has 0 unspecified atom stereocenters. The Morgan fingerprint density at radius 1 is 1.15 bits per heavy atom. The second-order valence-corrected chi connectivity index (χ2v) is 5.13. The standard InChI is InChI=1S/C15H21F2N3/c16-13-6-5-12(14(17)11-13)7-8-19-15(18)20-9-3-1-2-4-10-20/h5-6,11H,1-4,7-10H2,(H2,18,19). The largest absolute Gasteiger partial charge is 0.370 e. The molecule has 2 N–H and O–H groups in total. The third kappa shape index (κ3) is 4.18. The maximum Gasteiger partial charge on any atom is 0.191 e. The Balaban J connectivity index is 1.88. The molecule has 0 aliphatic carbocycles. The number of hydrogen-bond acceptors (Lipinski definition) is 1. The van der Waals surface area contributed by atoms with Crippen molar-refractivity contribution in [1.29, 1.82) is 0 Å². The van der Waals surface area contributed by atoms with Crippen LogP contribution in [0.25, 0.3) is 0 Å². The highest BCUT2D eigenvalue weighted by Crippen LogP contribution is 2.11. The number of rotatable bonds is 3. The van der Waals surface area contributed by atoms with Gasteiger partial charge >= 0.3 is 0 Å². The summed E-state index contributed by atoms with van der Waals surface area (Å²) in [6, 6.07) is 3.62. The molecule has 20 heavy (non-hydrogen) atoms. The van der Waals surface area contributed by atoms with Crippen LogP contribution in [0.15, 0.2) is 23.2 Å². The molecular formula is C15H21F2N3. The van der Waals surface area contributed by atoms with Crippen LogP contribution in [0.5, 0.6) is 0 Å². The van der Waals surface area contributed by atoms with E-state index in [2.05, 4.69) is 9.89 Å². The number of benzene rings is 1. The van der Waals surface area contributed by atoms with E-state index in [1.54, 1.807) is 0 Å². The number of hydrogen-bond donors (Lipinski definition) is 1. The van der Waals surface area contributed by atoms with Gasteiger partial charge in [-0.1, -0.05) is 18.9 Å². The molecule has 1 aromatic carbocycles. The lowest BCUT2D eigenvalue weighted by Gasteiger charge is -2.21. The summed E-state index contributed by atoms with van der Waals surface area (Å²) in [4.78, 5) is 6.40. The third-order valence-electron chi connectivity index (χ3n) is 3.60. The fraction of sp³-hybridized carbons (Fsp3) is 0.533. The van der Waals surface area contributed by atoms with Gasteiger partial charge in [-0.25, -0.2) is 8.78 Å². The SMILES string of the molecule is NC(=NCCc1ccc(F)cc1F)N1CCCCCC1. The Bertz CT molecular complexity index is 466. The topological polar surface area (TPSA) is 41.6 Å². The number of guanidine groups is 1. The smallest absolute Gasteiger partial charge is 0.191 e. The molecule has 110 valence electrons. The summed E-state index contributed by atoms with van der Waals surface area (Å²) in [6.07, 6.45) is 5.20. The van der Waals surface area contributed by atoms with Crippen LogP contribution in [0.2, 0.25) is 0 Å². The van der Waals surface area contributed by atoms with Crippen molar-refractivity contribution in [2.24, 2.45) is 10.7 Å². The van der Waals surface area contributed by atoms with E-state index in [9.17, 15) is 8.78 Å². The van der Waals surface area contributed by atoms with Crippen molar-refractivity contribution in [2.45, 2.75) is 32.1 Å². The molecule has 2 rings (SSSR count).